The molecule has 0 saturated carbocycles. The van der Waals surface area contributed by atoms with Gasteiger partial charge in [-0.1, -0.05) is 41.4 Å². The van der Waals surface area contributed by atoms with Crippen LogP contribution >= 0.6 is 23.2 Å². The van der Waals surface area contributed by atoms with E-state index < -0.39 is 0 Å². The maximum atomic E-state index is 9.71. The smallest absolute Gasteiger partial charge is 0.0824 e. The Labute approximate surface area is 139 Å². The van der Waals surface area contributed by atoms with E-state index in [2.05, 4.69) is 4.90 Å². The summed E-state index contributed by atoms with van der Waals surface area (Å²) < 4.78 is 0. The standard InChI is InChI=1S/C18H15Cl2NO/c19-15-5-3-13(4-6-15)18-14(12-22)2-1-11-21(18)17-9-7-16(20)8-10-17/h1-11,18,22H,12H2. The van der Waals surface area contributed by atoms with Crippen LogP contribution in [0.5, 0.6) is 0 Å². The van der Waals surface area contributed by atoms with Crippen molar-refractivity contribution in [2.45, 2.75) is 6.04 Å². The van der Waals surface area contributed by atoms with E-state index in [1.54, 1.807) is 0 Å². The molecule has 2 aromatic rings. The van der Waals surface area contributed by atoms with Gasteiger partial charge < -0.3 is 10.0 Å². The normalized spacial score (nSPS) is 17.5. The summed E-state index contributed by atoms with van der Waals surface area (Å²) >= 11 is 12.0. The minimum Gasteiger partial charge on any atom is -0.392 e. The van der Waals surface area contributed by atoms with E-state index in [0.29, 0.717) is 10.0 Å². The van der Waals surface area contributed by atoms with Crippen molar-refractivity contribution in [1.29, 1.82) is 0 Å². The number of halogens is 2. The van der Waals surface area contributed by atoms with Gasteiger partial charge in [-0.15, -0.1) is 0 Å². The maximum absolute atomic E-state index is 9.71. The molecule has 0 aliphatic carbocycles. The molecule has 1 heterocycles. The molecule has 0 spiro atoms. The zero-order valence-corrected chi connectivity index (χ0v) is 13.3. The minimum absolute atomic E-state index is 0.00171. The van der Waals surface area contributed by atoms with Crippen molar-refractivity contribution in [3.05, 3.63) is 88.1 Å². The number of benzene rings is 2. The fourth-order valence-corrected chi connectivity index (χ4v) is 2.87. The Morgan fingerprint density at radius 1 is 0.909 bits per heavy atom. The van der Waals surface area contributed by atoms with Crippen LogP contribution in [0.15, 0.2) is 72.5 Å². The van der Waals surface area contributed by atoms with Gasteiger partial charge in [0.05, 0.1) is 12.6 Å². The summed E-state index contributed by atoms with van der Waals surface area (Å²) in [6, 6.07) is 15.3. The first-order valence-corrected chi connectivity index (χ1v) is 7.72. The van der Waals surface area contributed by atoms with Gasteiger partial charge in [0, 0.05) is 21.9 Å². The lowest BCUT2D eigenvalue weighted by Gasteiger charge is -2.34. The van der Waals surface area contributed by atoms with Gasteiger partial charge in [-0.25, -0.2) is 0 Å². The predicted molar refractivity (Wildman–Crippen MR) is 92.4 cm³/mol. The van der Waals surface area contributed by atoms with Gasteiger partial charge in [-0.3, -0.25) is 0 Å². The summed E-state index contributed by atoms with van der Waals surface area (Å²) in [4.78, 5) is 2.12. The van der Waals surface area contributed by atoms with Crippen molar-refractivity contribution in [2.24, 2.45) is 0 Å². The molecule has 0 saturated heterocycles. The Morgan fingerprint density at radius 3 is 2.09 bits per heavy atom. The van der Waals surface area contributed by atoms with Crippen LogP contribution in [0, 0.1) is 0 Å². The van der Waals surface area contributed by atoms with E-state index in [9.17, 15) is 5.11 Å². The second-order valence-corrected chi connectivity index (χ2v) is 5.95. The zero-order chi connectivity index (χ0) is 15.5. The van der Waals surface area contributed by atoms with Gasteiger partial charge in [-0.05, 0) is 53.6 Å². The van der Waals surface area contributed by atoms with Gasteiger partial charge in [0.2, 0.25) is 0 Å². The molecule has 0 radical (unpaired) electrons. The topological polar surface area (TPSA) is 23.5 Å². The van der Waals surface area contributed by atoms with Crippen LogP contribution in [0.25, 0.3) is 0 Å². The quantitative estimate of drug-likeness (QED) is 0.856. The Bertz CT molecular complexity index is 705. The van der Waals surface area contributed by atoms with E-state index in [-0.39, 0.29) is 12.6 Å². The van der Waals surface area contributed by atoms with Crippen LogP contribution in [0.1, 0.15) is 11.6 Å². The molecule has 2 nitrogen and oxygen atoms in total. The summed E-state index contributed by atoms with van der Waals surface area (Å²) in [7, 11) is 0. The molecule has 1 unspecified atom stereocenters. The monoisotopic (exact) mass is 331 g/mol. The van der Waals surface area contributed by atoms with Crippen LogP contribution in [0.3, 0.4) is 0 Å². The van der Waals surface area contributed by atoms with E-state index in [4.69, 9.17) is 23.2 Å². The molecule has 112 valence electrons. The third kappa shape index (κ3) is 3.05. The first-order valence-electron chi connectivity index (χ1n) is 6.96. The van der Waals surface area contributed by atoms with Crippen molar-refractivity contribution >= 4 is 28.9 Å². The van der Waals surface area contributed by atoms with Crippen molar-refractivity contribution in [1.82, 2.24) is 0 Å². The fourth-order valence-electron chi connectivity index (χ4n) is 2.62. The van der Waals surface area contributed by atoms with Crippen LogP contribution < -0.4 is 4.90 Å². The fraction of sp³-hybridized carbons (Fsp3) is 0.111. The predicted octanol–water partition coefficient (Wildman–Crippen LogP) is 4.99. The number of nitrogens with zero attached hydrogens (tertiary/aromatic N) is 1. The average molecular weight is 332 g/mol. The molecule has 1 aliphatic heterocycles. The molecule has 1 N–H and O–H groups in total. The number of hydrogen-bond acceptors (Lipinski definition) is 2. The Morgan fingerprint density at radius 2 is 1.50 bits per heavy atom. The molecule has 3 rings (SSSR count). The van der Waals surface area contributed by atoms with Gasteiger partial charge >= 0.3 is 0 Å². The van der Waals surface area contributed by atoms with Gasteiger partial charge in [-0.2, -0.15) is 0 Å². The summed E-state index contributed by atoms with van der Waals surface area (Å²) in [6.45, 7) is 0.00171. The third-order valence-electron chi connectivity index (χ3n) is 3.68. The highest BCUT2D eigenvalue weighted by atomic mass is 35.5. The number of aliphatic hydroxyl groups is 1. The van der Waals surface area contributed by atoms with Gasteiger partial charge in [0.1, 0.15) is 0 Å². The zero-order valence-electron chi connectivity index (χ0n) is 11.8. The van der Waals surface area contributed by atoms with E-state index in [1.807, 2.05) is 66.9 Å². The van der Waals surface area contributed by atoms with E-state index >= 15 is 0 Å². The summed E-state index contributed by atoms with van der Waals surface area (Å²) in [6.07, 6.45) is 5.89. The first kappa shape index (κ1) is 15.2. The van der Waals surface area contributed by atoms with E-state index in [1.165, 1.54) is 0 Å². The second-order valence-electron chi connectivity index (χ2n) is 5.08. The first-order chi connectivity index (χ1) is 10.7. The van der Waals surface area contributed by atoms with E-state index in [0.717, 1.165) is 16.8 Å². The summed E-state index contributed by atoms with van der Waals surface area (Å²) in [5, 5.41) is 11.1. The van der Waals surface area contributed by atoms with Gasteiger partial charge in [0.15, 0.2) is 0 Å². The van der Waals surface area contributed by atoms with Crippen LogP contribution in [-0.4, -0.2) is 11.7 Å². The average Bonchev–Trinajstić information content (AvgIpc) is 2.56. The van der Waals surface area contributed by atoms with Crippen LogP contribution in [-0.2, 0) is 0 Å². The number of rotatable bonds is 3. The molecule has 1 aliphatic rings. The maximum Gasteiger partial charge on any atom is 0.0824 e. The number of hydrogen-bond donors (Lipinski definition) is 1. The molecular weight excluding hydrogens is 317 g/mol. The Hall–Kier alpha value is -1.74. The molecule has 0 aromatic heterocycles. The second kappa shape index (κ2) is 6.57. The molecule has 0 bridgehead atoms. The molecule has 2 aromatic carbocycles. The van der Waals surface area contributed by atoms with Crippen molar-refractivity contribution in [2.75, 3.05) is 11.5 Å². The summed E-state index contributed by atoms with van der Waals surface area (Å²) in [5.74, 6) is 0. The lowest BCUT2D eigenvalue weighted by molar-refractivity contribution is 0.322. The minimum atomic E-state index is -0.0616. The largest absolute Gasteiger partial charge is 0.392 e. The van der Waals surface area contributed by atoms with Crippen molar-refractivity contribution in [3.63, 3.8) is 0 Å². The lowest BCUT2D eigenvalue weighted by Crippen LogP contribution is -2.28. The lowest BCUT2D eigenvalue weighted by atomic mass is 9.95. The molecule has 0 amide bonds. The SMILES string of the molecule is OCC1=CC=CN(c2ccc(Cl)cc2)C1c1ccc(Cl)cc1. The Balaban J connectivity index is 2.03. The molecule has 4 heteroatoms. The Kier molecular flexibility index (Phi) is 4.53. The molecule has 0 fully saturated rings. The summed E-state index contributed by atoms with van der Waals surface area (Å²) in [5.41, 5.74) is 3.02. The molecule has 1 atom stereocenters. The number of aliphatic hydroxyl groups excluding tert-OH is 1. The van der Waals surface area contributed by atoms with Crippen molar-refractivity contribution in [3.8, 4) is 0 Å². The van der Waals surface area contributed by atoms with Crippen molar-refractivity contribution < 1.29 is 5.11 Å². The van der Waals surface area contributed by atoms with Crippen LogP contribution in [0.4, 0.5) is 5.69 Å². The van der Waals surface area contributed by atoms with Crippen LogP contribution in [0.2, 0.25) is 10.0 Å². The highest BCUT2D eigenvalue weighted by Gasteiger charge is 2.24. The molecular formula is C18H15Cl2NO. The number of anilines is 1. The number of allylic oxidation sites excluding steroid dienone is 2. The highest BCUT2D eigenvalue weighted by molar-refractivity contribution is 6.30. The van der Waals surface area contributed by atoms with Gasteiger partial charge in [0.25, 0.3) is 0 Å². The molecule has 22 heavy (non-hydrogen) atoms. The highest BCUT2D eigenvalue weighted by Crippen LogP contribution is 2.36. The third-order valence-corrected chi connectivity index (χ3v) is 4.18.